The highest BCUT2D eigenvalue weighted by molar-refractivity contribution is 6.00. The Labute approximate surface area is 108 Å². The molecule has 0 aromatic carbocycles. The summed E-state index contributed by atoms with van der Waals surface area (Å²) in [7, 11) is 0. The van der Waals surface area contributed by atoms with Crippen LogP contribution in [-0.4, -0.2) is 31.4 Å². The molecule has 18 heavy (non-hydrogen) atoms. The Hall–Kier alpha value is -1.39. The SMILES string of the molecule is CCOC(=O)C(CC)(C(=O)OCC)C(C)CC=O. The van der Waals surface area contributed by atoms with Crippen LogP contribution in [0.5, 0.6) is 0 Å². The summed E-state index contributed by atoms with van der Waals surface area (Å²) in [5.41, 5.74) is -1.38. The summed E-state index contributed by atoms with van der Waals surface area (Å²) in [5, 5.41) is 0. The highest BCUT2D eigenvalue weighted by atomic mass is 16.6. The highest BCUT2D eigenvalue weighted by Crippen LogP contribution is 2.36. The fraction of sp³-hybridized carbons (Fsp3) is 0.769. The molecular weight excluding hydrogens is 236 g/mol. The molecule has 5 nitrogen and oxygen atoms in total. The number of carbonyl (C=O) groups is 3. The molecule has 0 saturated heterocycles. The van der Waals surface area contributed by atoms with Gasteiger partial charge in [-0.3, -0.25) is 9.59 Å². The van der Waals surface area contributed by atoms with Gasteiger partial charge < -0.3 is 14.3 Å². The molecule has 1 unspecified atom stereocenters. The lowest BCUT2D eigenvalue weighted by Gasteiger charge is -2.32. The predicted octanol–water partition coefficient (Wildman–Crippen LogP) is 1.73. The van der Waals surface area contributed by atoms with Gasteiger partial charge in [0.25, 0.3) is 0 Å². The van der Waals surface area contributed by atoms with Crippen LogP contribution in [0.3, 0.4) is 0 Å². The molecule has 0 amide bonds. The molecule has 0 bridgehead atoms. The lowest BCUT2D eigenvalue weighted by Crippen LogP contribution is -2.46. The zero-order valence-electron chi connectivity index (χ0n) is 11.5. The molecule has 0 aliphatic rings. The van der Waals surface area contributed by atoms with E-state index >= 15 is 0 Å². The van der Waals surface area contributed by atoms with E-state index < -0.39 is 23.3 Å². The topological polar surface area (TPSA) is 69.7 Å². The molecule has 0 radical (unpaired) electrons. The van der Waals surface area contributed by atoms with Crippen molar-refractivity contribution in [1.82, 2.24) is 0 Å². The van der Waals surface area contributed by atoms with Crippen molar-refractivity contribution in [3.63, 3.8) is 0 Å². The number of hydrogen-bond acceptors (Lipinski definition) is 5. The molecule has 0 aromatic heterocycles. The van der Waals surface area contributed by atoms with Crippen molar-refractivity contribution in [2.75, 3.05) is 13.2 Å². The first kappa shape index (κ1) is 16.6. The van der Waals surface area contributed by atoms with Gasteiger partial charge >= 0.3 is 11.9 Å². The van der Waals surface area contributed by atoms with Gasteiger partial charge in [-0.25, -0.2) is 0 Å². The van der Waals surface area contributed by atoms with Crippen LogP contribution in [0.1, 0.15) is 40.5 Å². The predicted molar refractivity (Wildman–Crippen MR) is 65.8 cm³/mol. The minimum atomic E-state index is -1.38. The molecular formula is C13H22O5. The molecule has 0 aliphatic carbocycles. The van der Waals surface area contributed by atoms with Crippen LogP contribution in [0, 0.1) is 11.3 Å². The summed E-state index contributed by atoms with van der Waals surface area (Å²) < 4.78 is 9.96. The van der Waals surface area contributed by atoms with E-state index in [2.05, 4.69) is 0 Å². The summed E-state index contributed by atoms with van der Waals surface area (Å²) in [5.74, 6) is -1.67. The van der Waals surface area contributed by atoms with E-state index in [9.17, 15) is 14.4 Å². The fourth-order valence-electron chi connectivity index (χ4n) is 1.99. The van der Waals surface area contributed by atoms with Gasteiger partial charge in [-0.1, -0.05) is 13.8 Å². The van der Waals surface area contributed by atoms with Gasteiger partial charge in [0.15, 0.2) is 5.41 Å². The van der Waals surface area contributed by atoms with Gasteiger partial charge in [-0.2, -0.15) is 0 Å². The van der Waals surface area contributed by atoms with Crippen LogP contribution >= 0.6 is 0 Å². The molecule has 104 valence electrons. The van der Waals surface area contributed by atoms with E-state index in [1.54, 1.807) is 27.7 Å². The summed E-state index contributed by atoms with van der Waals surface area (Å²) in [6.45, 7) is 7.13. The maximum Gasteiger partial charge on any atom is 0.323 e. The second-order valence-corrected chi connectivity index (χ2v) is 4.07. The molecule has 0 aromatic rings. The van der Waals surface area contributed by atoms with Gasteiger partial charge in [-0.15, -0.1) is 0 Å². The largest absolute Gasteiger partial charge is 0.465 e. The Morgan fingerprint density at radius 2 is 1.56 bits per heavy atom. The Morgan fingerprint density at radius 3 is 1.83 bits per heavy atom. The molecule has 0 heterocycles. The van der Waals surface area contributed by atoms with Gasteiger partial charge in [0.1, 0.15) is 6.29 Å². The standard InChI is InChI=1S/C13H22O5/c1-5-13(10(4)8-9-14,11(15)17-6-2)12(16)18-7-3/h9-10H,5-8H2,1-4H3. The number of ether oxygens (including phenoxy) is 2. The summed E-state index contributed by atoms with van der Waals surface area (Å²) >= 11 is 0. The van der Waals surface area contributed by atoms with Crippen molar-refractivity contribution >= 4 is 18.2 Å². The number of hydrogen-bond donors (Lipinski definition) is 0. The minimum absolute atomic E-state index is 0.117. The normalized spacial score (nSPS) is 12.7. The lowest BCUT2D eigenvalue weighted by molar-refractivity contribution is -0.176. The zero-order valence-corrected chi connectivity index (χ0v) is 11.5. The van der Waals surface area contributed by atoms with Crippen molar-refractivity contribution in [2.45, 2.75) is 40.5 Å². The third kappa shape index (κ3) is 3.31. The Bertz CT molecular complexity index is 280. The molecule has 0 spiro atoms. The van der Waals surface area contributed by atoms with Crippen molar-refractivity contribution < 1.29 is 23.9 Å². The van der Waals surface area contributed by atoms with E-state index in [0.29, 0.717) is 6.29 Å². The van der Waals surface area contributed by atoms with Crippen LogP contribution < -0.4 is 0 Å². The van der Waals surface area contributed by atoms with Crippen molar-refractivity contribution in [3.05, 3.63) is 0 Å². The lowest BCUT2D eigenvalue weighted by atomic mass is 9.72. The van der Waals surface area contributed by atoms with E-state index in [4.69, 9.17) is 9.47 Å². The number of aldehydes is 1. The maximum absolute atomic E-state index is 12.1. The quantitative estimate of drug-likeness (QED) is 0.377. The first-order valence-electron chi connectivity index (χ1n) is 6.29. The summed E-state index contributed by atoms with van der Waals surface area (Å²) in [6, 6.07) is 0. The average Bonchev–Trinajstić information content (AvgIpc) is 2.31. The summed E-state index contributed by atoms with van der Waals surface area (Å²) in [4.78, 5) is 34.8. The van der Waals surface area contributed by atoms with E-state index in [1.165, 1.54) is 0 Å². The Balaban J connectivity index is 5.37. The number of rotatable bonds is 8. The first-order chi connectivity index (χ1) is 8.50. The fourth-order valence-corrected chi connectivity index (χ4v) is 1.99. The average molecular weight is 258 g/mol. The minimum Gasteiger partial charge on any atom is -0.465 e. The molecule has 0 rings (SSSR count). The van der Waals surface area contributed by atoms with Crippen molar-refractivity contribution in [2.24, 2.45) is 11.3 Å². The smallest absolute Gasteiger partial charge is 0.323 e. The van der Waals surface area contributed by atoms with Crippen LogP contribution in [0.4, 0.5) is 0 Å². The molecule has 0 saturated carbocycles. The highest BCUT2D eigenvalue weighted by Gasteiger charge is 2.51. The van der Waals surface area contributed by atoms with Crippen LogP contribution in [0.2, 0.25) is 0 Å². The second kappa shape index (κ2) is 7.84. The van der Waals surface area contributed by atoms with Crippen molar-refractivity contribution in [1.29, 1.82) is 0 Å². The zero-order chi connectivity index (χ0) is 14.2. The molecule has 0 aliphatic heterocycles. The van der Waals surface area contributed by atoms with Crippen molar-refractivity contribution in [3.8, 4) is 0 Å². The monoisotopic (exact) mass is 258 g/mol. The Kier molecular flexibility index (Phi) is 7.24. The molecule has 0 fully saturated rings. The molecule has 5 heteroatoms. The van der Waals surface area contributed by atoms with E-state index in [0.717, 1.165) is 0 Å². The second-order valence-electron chi connectivity index (χ2n) is 4.07. The first-order valence-corrected chi connectivity index (χ1v) is 6.29. The summed E-state index contributed by atoms with van der Waals surface area (Å²) in [6.07, 6.45) is 1.07. The van der Waals surface area contributed by atoms with Crippen LogP contribution in [0.15, 0.2) is 0 Å². The Morgan fingerprint density at radius 1 is 1.11 bits per heavy atom. The van der Waals surface area contributed by atoms with Gasteiger partial charge in [0.2, 0.25) is 0 Å². The number of esters is 2. The van der Waals surface area contributed by atoms with E-state index in [-0.39, 0.29) is 26.1 Å². The molecule has 1 atom stereocenters. The van der Waals surface area contributed by atoms with Gasteiger partial charge in [0, 0.05) is 6.42 Å². The van der Waals surface area contributed by atoms with E-state index in [1.807, 2.05) is 0 Å². The van der Waals surface area contributed by atoms with Gasteiger partial charge in [0.05, 0.1) is 13.2 Å². The number of carbonyl (C=O) groups excluding carboxylic acids is 3. The maximum atomic E-state index is 12.1. The third-order valence-electron chi connectivity index (χ3n) is 3.13. The molecule has 0 N–H and O–H groups in total. The van der Waals surface area contributed by atoms with Crippen LogP contribution in [-0.2, 0) is 23.9 Å². The van der Waals surface area contributed by atoms with Crippen LogP contribution in [0.25, 0.3) is 0 Å². The van der Waals surface area contributed by atoms with Gasteiger partial charge in [-0.05, 0) is 26.2 Å². The third-order valence-corrected chi connectivity index (χ3v) is 3.13.